The molecule has 1 unspecified atom stereocenters. The van der Waals surface area contributed by atoms with Crippen molar-refractivity contribution < 1.29 is 9.59 Å². The predicted octanol–water partition coefficient (Wildman–Crippen LogP) is 1.35. The lowest BCUT2D eigenvalue weighted by Crippen LogP contribution is -2.61. The molecule has 7 heteroatoms. The molecule has 1 aromatic carbocycles. The normalized spacial score (nSPS) is 18.0. The zero-order chi connectivity index (χ0) is 19.4. The van der Waals surface area contributed by atoms with Crippen LogP contribution in [0.25, 0.3) is 11.4 Å². The van der Waals surface area contributed by atoms with Crippen molar-refractivity contribution in [2.24, 2.45) is 5.73 Å². The van der Waals surface area contributed by atoms with Gasteiger partial charge < -0.3 is 15.2 Å². The molecule has 1 fully saturated rings. The topological polar surface area (TPSA) is 84.5 Å². The van der Waals surface area contributed by atoms with E-state index in [4.69, 9.17) is 5.73 Å². The van der Waals surface area contributed by atoms with Crippen molar-refractivity contribution in [2.45, 2.75) is 38.9 Å². The highest BCUT2D eigenvalue weighted by Gasteiger charge is 2.34. The van der Waals surface area contributed by atoms with Gasteiger partial charge in [0.2, 0.25) is 11.8 Å². The van der Waals surface area contributed by atoms with E-state index in [0.717, 1.165) is 11.4 Å². The van der Waals surface area contributed by atoms with Crippen LogP contribution in [0.5, 0.6) is 0 Å². The number of benzene rings is 1. The SMILES string of the molecule is CC(C)N1CCN(C(=O)CCn2ccnc2-c2ccccc2)CC1C(N)=O. The minimum Gasteiger partial charge on any atom is -0.368 e. The summed E-state index contributed by atoms with van der Waals surface area (Å²) in [5.41, 5.74) is 6.58. The number of rotatable bonds is 6. The Balaban J connectivity index is 1.62. The molecule has 2 amide bonds. The molecule has 2 aromatic rings. The standard InChI is InChI=1S/C20H27N5O2/c1-15(2)25-13-12-24(14-17(25)19(21)27)18(26)8-10-23-11-9-22-20(23)16-6-4-3-5-7-16/h3-7,9,11,15,17H,8,10,12-14H2,1-2H3,(H2,21,27). The highest BCUT2D eigenvalue weighted by atomic mass is 16.2. The van der Waals surface area contributed by atoms with E-state index in [2.05, 4.69) is 9.88 Å². The highest BCUT2D eigenvalue weighted by Crippen LogP contribution is 2.18. The average molecular weight is 369 g/mol. The largest absolute Gasteiger partial charge is 0.368 e. The first kappa shape index (κ1) is 19.1. The van der Waals surface area contributed by atoms with E-state index in [1.165, 1.54) is 0 Å². The first-order valence-corrected chi connectivity index (χ1v) is 9.36. The van der Waals surface area contributed by atoms with Crippen molar-refractivity contribution in [2.75, 3.05) is 19.6 Å². The van der Waals surface area contributed by atoms with Crippen molar-refractivity contribution in [3.8, 4) is 11.4 Å². The molecule has 0 bridgehead atoms. The number of carbonyl (C=O) groups is 2. The third kappa shape index (κ3) is 4.36. The van der Waals surface area contributed by atoms with Gasteiger partial charge in [0.1, 0.15) is 11.9 Å². The number of primary amides is 1. The molecular weight excluding hydrogens is 342 g/mol. The van der Waals surface area contributed by atoms with Crippen molar-refractivity contribution in [1.82, 2.24) is 19.4 Å². The summed E-state index contributed by atoms with van der Waals surface area (Å²) in [4.78, 5) is 32.8. The summed E-state index contributed by atoms with van der Waals surface area (Å²) in [6.07, 6.45) is 4.00. The molecule has 27 heavy (non-hydrogen) atoms. The Morgan fingerprint density at radius 3 is 2.63 bits per heavy atom. The molecule has 1 atom stereocenters. The molecule has 7 nitrogen and oxygen atoms in total. The van der Waals surface area contributed by atoms with E-state index >= 15 is 0 Å². The van der Waals surface area contributed by atoms with Crippen LogP contribution >= 0.6 is 0 Å². The Kier molecular flexibility index (Phi) is 5.91. The minimum absolute atomic E-state index is 0.0392. The molecule has 0 radical (unpaired) electrons. The second-order valence-electron chi connectivity index (χ2n) is 7.15. The lowest BCUT2D eigenvalue weighted by molar-refractivity contribution is -0.138. The zero-order valence-corrected chi connectivity index (χ0v) is 15.9. The summed E-state index contributed by atoms with van der Waals surface area (Å²) in [5.74, 6) is 0.516. The van der Waals surface area contributed by atoms with E-state index in [-0.39, 0.29) is 17.9 Å². The van der Waals surface area contributed by atoms with E-state index in [1.54, 1.807) is 11.1 Å². The Morgan fingerprint density at radius 1 is 1.22 bits per heavy atom. The molecule has 3 rings (SSSR count). The van der Waals surface area contributed by atoms with Gasteiger partial charge in [-0.25, -0.2) is 4.98 Å². The molecule has 1 aliphatic heterocycles. The third-order valence-electron chi connectivity index (χ3n) is 5.08. The van der Waals surface area contributed by atoms with E-state index in [9.17, 15) is 9.59 Å². The van der Waals surface area contributed by atoms with Gasteiger partial charge >= 0.3 is 0 Å². The fourth-order valence-corrected chi connectivity index (χ4v) is 3.61. The van der Waals surface area contributed by atoms with Gasteiger partial charge in [0.05, 0.1) is 0 Å². The van der Waals surface area contributed by atoms with Crippen LogP contribution in [0.15, 0.2) is 42.7 Å². The first-order chi connectivity index (χ1) is 13.0. The summed E-state index contributed by atoms with van der Waals surface area (Å²) >= 11 is 0. The second kappa shape index (κ2) is 8.35. The zero-order valence-electron chi connectivity index (χ0n) is 15.9. The molecular formula is C20H27N5O2. The molecule has 1 saturated heterocycles. The number of imidazole rings is 1. The van der Waals surface area contributed by atoms with Crippen LogP contribution in [0.1, 0.15) is 20.3 Å². The lowest BCUT2D eigenvalue weighted by atomic mass is 10.1. The van der Waals surface area contributed by atoms with E-state index in [1.807, 2.05) is 54.9 Å². The molecule has 0 aliphatic carbocycles. The number of hydrogen-bond acceptors (Lipinski definition) is 4. The number of aromatic nitrogens is 2. The van der Waals surface area contributed by atoms with Crippen molar-refractivity contribution in [1.29, 1.82) is 0 Å². The minimum atomic E-state index is -0.421. The fraction of sp³-hybridized carbons (Fsp3) is 0.450. The van der Waals surface area contributed by atoms with Crippen molar-refractivity contribution >= 4 is 11.8 Å². The van der Waals surface area contributed by atoms with Crippen LogP contribution in [-0.4, -0.2) is 62.9 Å². The van der Waals surface area contributed by atoms with E-state index in [0.29, 0.717) is 32.6 Å². The van der Waals surface area contributed by atoms with Crippen LogP contribution in [0.3, 0.4) is 0 Å². The molecule has 144 valence electrons. The number of amides is 2. The van der Waals surface area contributed by atoms with Crippen LogP contribution in [0.2, 0.25) is 0 Å². The van der Waals surface area contributed by atoms with Gasteiger partial charge in [0, 0.05) is 56.6 Å². The van der Waals surface area contributed by atoms with Crippen LogP contribution in [0.4, 0.5) is 0 Å². The predicted molar refractivity (Wildman–Crippen MR) is 104 cm³/mol. The Hall–Kier alpha value is -2.67. The maximum absolute atomic E-state index is 12.7. The van der Waals surface area contributed by atoms with Gasteiger partial charge in [-0.05, 0) is 13.8 Å². The number of piperazine rings is 1. The summed E-state index contributed by atoms with van der Waals surface area (Å²) in [7, 11) is 0. The Bertz CT molecular complexity index is 787. The van der Waals surface area contributed by atoms with Gasteiger partial charge in [-0.3, -0.25) is 14.5 Å². The monoisotopic (exact) mass is 369 g/mol. The van der Waals surface area contributed by atoms with Gasteiger partial charge in [0.25, 0.3) is 0 Å². The molecule has 2 N–H and O–H groups in total. The molecule has 0 saturated carbocycles. The molecule has 1 aromatic heterocycles. The van der Waals surface area contributed by atoms with E-state index < -0.39 is 6.04 Å². The van der Waals surface area contributed by atoms with Crippen LogP contribution in [-0.2, 0) is 16.1 Å². The summed E-state index contributed by atoms with van der Waals surface area (Å²) in [5, 5.41) is 0. The summed E-state index contributed by atoms with van der Waals surface area (Å²) in [6.45, 7) is 6.28. The maximum atomic E-state index is 12.7. The van der Waals surface area contributed by atoms with Gasteiger partial charge in [-0.2, -0.15) is 0 Å². The average Bonchev–Trinajstić information content (AvgIpc) is 3.14. The third-order valence-corrected chi connectivity index (χ3v) is 5.08. The molecule has 2 heterocycles. The fourth-order valence-electron chi connectivity index (χ4n) is 3.61. The van der Waals surface area contributed by atoms with Crippen LogP contribution in [0, 0.1) is 0 Å². The molecule has 1 aliphatic rings. The van der Waals surface area contributed by atoms with Crippen molar-refractivity contribution in [3.05, 3.63) is 42.7 Å². The first-order valence-electron chi connectivity index (χ1n) is 9.36. The quantitative estimate of drug-likeness (QED) is 0.833. The lowest BCUT2D eigenvalue weighted by Gasteiger charge is -2.42. The van der Waals surface area contributed by atoms with Crippen LogP contribution < -0.4 is 5.73 Å². The van der Waals surface area contributed by atoms with Gasteiger partial charge in [-0.15, -0.1) is 0 Å². The van der Waals surface area contributed by atoms with Gasteiger partial charge in [0.15, 0.2) is 0 Å². The number of nitrogens with zero attached hydrogens (tertiary/aromatic N) is 4. The van der Waals surface area contributed by atoms with Crippen molar-refractivity contribution in [3.63, 3.8) is 0 Å². The smallest absolute Gasteiger partial charge is 0.236 e. The van der Waals surface area contributed by atoms with Gasteiger partial charge in [-0.1, -0.05) is 30.3 Å². The Morgan fingerprint density at radius 2 is 1.96 bits per heavy atom. The highest BCUT2D eigenvalue weighted by molar-refractivity contribution is 5.82. The molecule has 0 spiro atoms. The summed E-state index contributed by atoms with van der Waals surface area (Å²) in [6, 6.07) is 9.71. The summed E-state index contributed by atoms with van der Waals surface area (Å²) < 4.78 is 1.99. The Labute approximate surface area is 159 Å². The number of hydrogen-bond donors (Lipinski definition) is 1. The maximum Gasteiger partial charge on any atom is 0.236 e. The number of aryl methyl sites for hydroxylation is 1. The number of carbonyl (C=O) groups excluding carboxylic acids is 2. The number of nitrogens with two attached hydrogens (primary N) is 1. The second-order valence-corrected chi connectivity index (χ2v) is 7.15.